The summed E-state index contributed by atoms with van der Waals surface area (Å²) < 4.78 is 0. The lowest BCUT2D eigenvalue weighted by molar-refractivity contribution is -0.116. The molecule has 3 nitrogen and oxygen atoms in total. The van der Waals surface area contributed by atoms with Crippen LogP contribution in [0.4, 0.5) is 0 Å². The van der Waals surface area contributed by atoms with Crippen molar-refractivity contribution in [3.63, 3.8) is 0 Å². The normalized spacial score (nSPS) is 14.7. The summed E-state index contributed by atoms with van der Waals surface area (Å²) >= 11 is 0. The number of phenolic OH excluding ortho intramolecular Hbond substituents is 1. The number of hydrogen-bond acceptors (Lipinski definition) is 2. The lowest BCUT2D eigenvalue weighted by atomic mass is 10.0. The number of phenols is 1. The van der Waals surface area contributed by atoms with Gasteiger partial charge in [0.05, 0.1) is 5.57 Å². The summed E-state index contributed by atoms with van der Waals surface area (Å²) in [6.07, 6.45) is 1.65. The maximum Gasteiger partial charge on any atom is 0.257 e. The fourth-order valence-electron chi connectivity index (χ4n) is 1.06. The predicted octanol–water partition coefficient (Wildman–Crippen LogP) is 0.863. The van der Waals surface area contributed by atoms with Crippen LogP contribution in [0.1, 0.15) is 5.56 Å². The van der Waals surface area contributed by atoms with E-state index in [2.05, 4.69) is 5.32 Å². The number of benzene rings is 1. The average molecular weight is 161 g/mol. The highest BCUT2D eigenvalue weighted by Gasteiger charge is 2.17. The molecule has 1 heterocycles. The van der Waals surface area contributed by atoms with Gasteiger partial charge in [0.15, 0.2) is 0 Å². The van der Waals surface area contributed by atoms with Crippen molar-refractivity contribution < 1.29 is 9.90 Å². The highest BCUT2D eigenvalue weighted by atomic mass is 16.3. The van der Waals surface area contributed by atoms with Crippen LogP contribution in [-0.4, -0.2) is 11.0 Å². The molecule has 3 heteroatoms. The van der Waals surface area contributed by atoms with Gasteiger partial charge in [-0.2, -0.15) is 0 Å². The Labute approximate surface area is 69.3 Å². The molecule has 1 aliphatic rings. The number of hydrogen-bond donors (Lipinski definition) is 2. The molecule has 1 aromatic carbocycles. The first-order chi connectivity index (χ1) is 5.77. The van der Waals surface area contributed by atoms with E-state index in [1.807, 2.05) is 0 Å². The third-order valence-corrected chi connectivity index (χ3v) is 1.77. The monoisotopic (exact) mass is 161 g/mol. The zero-order valence-electron chi connectivity index (χ0n) is 6.24. The van der Waals surface area contributed by atoms with Crippen molar-refractivity contribution in [3.05, 3.63) is 36.0 Å². The summed E-state index contributed by atoms with van der Waals surface area (Å²) in [5.41, 5.74) is 1.49. The maximum absolute atomic E-state index is 10.9. The molecule has 1 aliphatic heterocycles. The minimum absolute atomic E-state index is 0.0688. The van der Waals surface area contributed by atoms with Crippen LogP contribution in [0.25, 0.3) is 5.57 Å². The smallest absolute Gasteiger partial charge is 0.257 e. The van der Waals surface area contributed by atoms with Crippen molar-refractivity contribution >= 4 is 11.5 Å². The van der Waals surface area contributed by atoms with Gasteiger partial charge < -0.3 is 10.4 Å². The Morgan fingerprint density at radius 2 is 1.83 bits per heavy atom. The van der Waals surface area contributed by atoms with Crippen LogP contribution in [0.15, 0.2) is 30.5 Å². The summed E-state index contributed by atoms with van der Waals surface area (Å²) in [6.45, 7) is 0. The number of amides is 1. The number of rotatable bonds is 1. The Bertz CT molecular complexity index is 351. The molecule has 0 aliphatic carbocycles. The summed E-state index contributed by atoms with van der Waals surface area (Å²) in [4.78, 5) is 10.9. The summed E-state index contributed by atoms with van der Waals surface area (Å²) in [5.74, 6) is 0.139. The standard InChI is InChI=1S/C9H7NO2/c11-7-3-1-6(2-4-7)8-5-10-9(8)12/h1-5,11H,(H,10,12). The van der Waals surface area contributed by atoms with E-state index in [0.29, 0.717) is 5.57 Å². The van der Waals surface area contributed by atoms with Gasteiger partial charge in [-0.25, -0.2) is 0 Å². The van der Waals surface area contributed by atoms with Crippen LogP contribution >= 0.6 is 0 Å². The van der Waals surface area contributed by atoms with E-state index >= 15 is 0 Å². The SMILES string of the molecule is O=C1NC=C1c1ccc(O)cc1. The van der Waals surface area contributed by atoms with E-state index in [1.165, 1.54) is 0 Å². The number of carbonyl (C=O) groups excluding carboxylic acids is 1. The second kappa shape index (κ2) is 2.37. The molecule has 60 valence electrons. The van der Waals surface area contributed by atoms with Crippen molar-refractivity contribution in [2.75, 3.05) is 0 Å². The molecule has 0 radical (unpaired) electrons. The maximum atomic E-state index is 10.9. The fraction of sp³-hybridized carbons (Fsp3) is 0. The first kappa shape index (κ1) is 6.91. The van der Waals surface area contributed by atoms with Crippen LogP contribution in [0.3, 0.4) is 0 Å². The number of nitrogens with one attached hydrogen (secondary N) is 1. The van der Waals surface area contributed by atoms with Gasteiger partial charge in [0.1, 0.15) is 5.75 Å². The quantitative estimate of drug-likeness (QED) is 0.641. The largest absolute Gasteiger partial charge is 0.508 e. The Hall–Kier alpha value is -1.77. The van der Waals surface area contributed by atoms with Gasteiger partial charge in [-0.15, -0.1) is 0 Å². The highest BCUT2D eigenvalue weighted by Crippen LogP contribution is 2.20. The van der Waals surface area contributed by atoms with Crippen molar-refractivity contribution in [3.8, 4) is 5.75 Å². The predicted molar refractivity (Wildman–Crippen MR) is 44.2 cm³/mol. The van der Waals surface area contributed by atoms with Gasteiger partial charge in [-0.05, 0) is 17.7 Å². The molecule has 0 atom stereocenters. The molecule has 0 aromatic heterocycles. The zero-order valence-corrected chi connectivity index (χ0v) is 6.24. The molecule has 1 amide bonds. The topological polar surface area (TPSA) is 49.3 Å². The van der Waals surface area contributed by atoms with Crippen molar-refractivity contribution in [2.24, 2.45) is 0 Å². The molecule has 2 N–H and O–H groups in total. The van der Waals surface area contributed by atoms with Crippen LogP contribution in [0.5, 0.6) is 5.75 Å². The molecule has 2 rings (SSSR count). The van der Waals surface area contributed by atoms with Gasteiger partial charge in [-0.1, -0.05) is 12.1 Å². The van der Waals surface area contributed by atoms with Gasteiger partial charge in [-0.3, -0.25) is 4.79 Å². The van der Waals surface area contributed by atoms with E-state index in [9.17, 15) is 4.79 Å². The molecule has 0 spiro atoms. The highest BCUT2D eigenvalue weighted by molar-refractivity contribution is 6.25. The Morgan fingerprint density at radius 3 is 2.25 bits per heavy atom. The average Bonchev–Trinajstić information content (AvgIpc) is 2.06. The first-order valence-electron chi connectivity index (χ1n) is 3.58. The lowest BCUT2D eigenvalue weighted by Gasteiger charge is -2.14. The number of carbonyl (C=O) groups is 1. The minimum atomic E-state index is -0.0688. The Kier molecular flexibility index (Phi) is 1.37. The van der Waals surface area contributed by atoms with Crippen LogP contribution in [0.2, 0.25) is 0 Å². The Morgan fingerprint density at radius 1 is 1.17 bits per heavy atom. The third-order valence-electron chi connectivity index (χ3n) is 1.77. The van der Waals surface area contributed by atoms with E-state index in [-0.39, 0.29) is 11.7 Å². The summed E-state index contributed by atoms with van der Waals surface area (Å²) in [6, 6.07) is 6.53. The van der Waals surface area contributed by atoms with Crippen molar-refractivity contribution in [2.45, 2.75) is 0 Å². The van der Waals surface area contributed by atoms with Crippen LogP contribution in [-0.2, 0) is 4.79 Å². The minimum Gasteiger partial charge on any atom is -0.508 e. The fourth-order valence-corrected chi connectivity index (χ4v) is 1.06. The summed E-state index contributed by atoms with van der Waals surface area (Å²) in [5, 5.41) is 11.5. The molecular weight excluding hydrogens is 154 g/mol. The second-order valence-electron chi connectivity index (χ2n) is 2.58. The number of aromatic hydroxyl groups is 1. The molecular formula is C9H7NO2. The molecule has 0 unspecified atom stereocenters. The third kappa shape index (κ3) is 0.955. The molecule has 0 saturated carbocycles. The van der Waals surface area contributed by atoms with E-state index in [0.717, 1.165) is 5.56 Å². The molecule has 12 heavy (non-hydrogen) atoms. The molecule has 1 aromatic rings. The van der Waals surface area contributed by atoms with Crippen molar-refractivity contribution in [1.82, 2.24) is 5.32 Å². The first-order valence-corrected chi connectivity index (χ1v) is 3.58. The van der Waals surface area contributed by atoms with E-state index in [1.54, 1.807) is 30.5 Å². The lowest BCUT2D eigenvalue weighted by Crippen LogP contribution is -2.28. The van der Waals surface area contributed by atoms with Crippen molar-refractivity contribution in [1.29, 1.82) is 0 Å². The van der Waals surface area contributed by atoms with Gasteiger partial charge >= 0.3 is 0 Å². The molecule has 0 saturated heterocycles. The van der Waals surface area contributed by atoms with Gasteiger partial charge in [0, 0.05) is 6.20 Å². The zero-order chi connectivity index (χ0) is 8.55. The van der Waals surface area contributed by atoms with E-state index in [4.69, 9.17) is 5.11 Å². The van der Waals surface area contributed by atoms with Crippen LogP contribution < -0.4 is 5.32 Å². The molecule has 0 bridgehead atoms. The Balaban J connectivity index is 2.36. The van der Waals surface area contributed by atoms with Gasteiger partial charge in [0.2, 0.25) is 0 Å². The van der Waals surface area contributed by atoms with Crippen LogP contribution in [0, 0.1) is 0 Å². The van der Waals surface area contributed by atoms with E-state index < -0.39 is 0 Å². The van der Waals surface area contributed by atoms with Gasteiger partial charge in [0.25, 0.3) is 5.91 Å². The summed E-state index contributed by atoms with van der Waals surface area (Å²) in [7, 11) is 0. The second-order valence-corrected chi connectivity index (χ2v) is 2.58. The molecule has 0 fully saturated rings.